The van der Waals surface area contributed by atoms with Gasteiger partial charge in [0.2, 0.25) is 0 Å². The molecule has 3 N–H and O–H groups in total. The van der Waals surface area contributed by atoms with Crippen molar-refractivity contribution in [3.8, 4) is 0 Å². The minimum absolute atomic E-state index is 0.0419. The van der Waals surface area contributed by atoms with Gasteiger partial charge in [-0.05, 0) is 87.2 Å². The van der Waals surface area contributed by atoms with Crippen LogP contribution < -0.4 is 5.32 Å². The number of fused-ring (bicyclic) bond motifs is 1. The number of likely N-dealkylation sites (N-methyl/N-ethyl adjacent to an activating group) is 1. The number of rotatable bonds is 12. The van der Waals surface area contributed by atoms with Crippen molar-refractivity contribution in [3.05, 3.63) is 51.4 Å². The zero-order chi connectivity index (χ0) is 23.3. The van der Waals surface area contributed by atoms with Crippen molar-refractivity contribution < 1.29 is 15.0 Å². The number of aryl methyl sites for hydroxylation is 1. The highest BCUT2D eigenvalue weighted by molar-refractivity contribution is 7.99. The highest BCUT2D eigenvalue weighted by atomic mass is 35.5. The molecule has 2 aromatic rings. The van der Waals surface area contributed by atoms with Crippen molar-refractivity contribution in [1.82, 2.24) is 9.62 Å². The van der Waals surface area contributed by atoms with Gasteiger partial charge < -0.3 is 15.5 Å². The van der Waals surface area contributed by atoms with E-state index in [0.29, 0.717) is 29.8 Å². The zero-order valence-electron chi connectivity index (χ0n) is 18.9. The average Bonchev–Trinajstić information content (AvgIpc) is 3.26. The minimum atomic E-state index is -0.824. The molecule has 0 spiro atoms. The molecule has 3 rings (SSSR count). The van der Waals surface area contributed by atoms with Gasteiger partial charge in [0, 0.05) is 25.0 Å². The van der Waals surface area contributed by atoms with Crippen LogP contribution in [0.25, 0.3) is 0 Å². The van der Waals surface area contributed by atoms with Crippen molar-refractivity contribution in [1.29, 1.82) is 0 Å². The van der Waals surface area contributed by atoms with Gasteiger partial charge in [-0.15, -0.1) is 11.3 Å². The van der Waals surface area contributed by atoms with Gasteiger partial charge in [-0.25, -0.2) is 4.31 Å². The number of hydrogen-bond acceptors (Lipinski definition) is 6. The number of aliphatic hydroxyl groups is 1. The summed E-state index contributed by atoms with van der Waals surface area (Å²) in [6.07, 6.45) is 3.37. The lowest BCUT2D eigenvalue weighted by atomic mass is 9.88. The first kappa shape index (κ1) is 25.5. The molecule has 176 valence electrons. The molecular formula is C24H33ClN2O3S2. The largest absolute Gasteiger partial charge is 0.481 e. The van der Waals surface area contributed by atoms with Gasteiger partial charge >= 0.3 is 5.97 Å². The molecule has 0 saturated heterocycles. The second-order valence-corrected chi connectivity index (χ2v) is 12.5. The van der Waals surface area contributed by atoms with E-state index in [1.54, 1.807) is 0 Å². The molecule has 1 aliphatic carbocycles. The number of thiophene rings is 1. The maximum Gasteiger partial charge on any atom is 0.303 e. The van der Waals surface area contributed by atoms with Gasteiger partial charge in [-0.3, -0.25) is 4.79 Å². The topological polar surface area (TPSA) is 72.8 Å². The Bertz CT molecular complexity index is 893. The average molecular weight is 497 g/mol. The summed E-state index contributed by atoms with van der Waals surface area (Å²) in [5.74, 6) is -0.182. The van der Waals surface area contributed by atoms with Crippen LogP contribution in [-0.4, -0.2) is 52.3 Å². The number of aliphatic carboxylic acids is 1. The summed E-state index contributed by atoms with van der Waals surface area (Å²) in [7, 11) is 1.94. The summed E-state index contributed by atoms with van der Waals surface area (Å²) in [6, 6.07) is 10.7. The molecule has 5 nitrogen and oxygen atoms in total. The van der Waals surface area contributed by atoms with Crippen LogP contribution >= 0.6 is 34.9 Å². The molecule has 1 aromatic heterocycles. The summed E-state index contributed by atoms with van der Waals surface area (Å²) < 4.78 is 3.63. The SMILES string of the molecule is CN(C[C@H](O)CNC(C)(C)CC1Cc2ccccc2C1)Sc1cc(CCC(=O)O)c(Cl)s1. The molecule has 0 fully saturated rings. The number of halogens is 1. The number of hydrogen-bond donors (Lipinski definition) is 3. The molecule has 1 atom stereocenters. The number of carboxylic acids is 1. The van der Waals surface area contributed by atoms with Crippen molar-refractivity contribution in [2.75, 3.05) is 20.1 Å². The third-order valence-corrected chi connectivity index (χ3v) is 8.27. The van der Waals surface area contributed by atoms with E-state index >= 15 is 0 Å². The standard InChI is InChI=1S/C24H33ClN2O3S2/c1-24(2,13-16-10-17-6-4-5-7-18(17)11-16)26-14-20(28)15-27(3)32-22-12-19(23(25)31-22)8-9-21(29)30/h4-7,12,16,20,26,28H,8-11,13-15H2,1-3H3,(H,29,30)/t20-/m1/s1. The molecule has 0 bridgehead atoms. The molecule has 1 aliphatic rings. The van der Waals surface area contributed by atoms with E-state index in [2.05, 4.69) is 43.4 Å². The second-order valence-electron chi connectivity index (χ2n) is 9.33. The van der Waals surface area contributed by atoms with Crippen LogP contribution in [0, 0.1) is 5.92 Å². The molecule has 0 saturated carbocycles. The summed E-state index contributed by atoms with van der Waals surface area (Å²) in [5, 5.41) is 23.0. The number of aliphatic hydroxyl groups excluding tert-OH is 1. The third kappa shape index (κ3) is 7.75. The van der Waals surface area contributed by atoms with Gasteiger partial charge in [0.1, 0.15) is 0 Å². The Morgan fingerprint density at radius 2 is 2.00 bits per heavy atom. The van der Waals surface area contributed by atoms with Crippen molar-refractivity contribution in [2.45, 2.75) is 61.8 Å². The second kappa shape index (κ2) is 11.4. The van der Waals surface area contributed by atoms with Crippen LogP contribution in [-0.2, 0) is 24.1 Å². The summed E-state index contributed by atoms with van der Waals surface area (Å²) in [4.78, 5) is 10.8. The highest BCUT2D eigenvalue weighted by Crippen LogP contribution is 2.36. The van der Waals surface area contributed by atoms with Gasteiger partial charge in [-0.1, -0.05) is 35.9 Å². The number of benzene rings is 1. The maximum absolute atomic E-state index is 10.8. The van der Waals surface area contributed by atoms with Crippen LogP contribution in [0.1, 0.15) is 43.4 Å². The van der Waals surface area contributed by atoms with E-state index in [-0.39, 0.29) is 12.0 Å². The molecular weight excluding hydrogens is 464 g/mol. The van der Waals surface area contributed by atoms with Crippen LogP contribution in [0.2, 0.25) is 4.34 Å². The zero-order valence-corrected chi connectivity index (χ0v) is 21.3. The van der Waals surface area contributed by atoms with E-state index in [4.69, 9.17) is 16.7 Å². The Hall–Kier alpha value is -1.09. The van der Waals surface area contributed by atoms with Crippen molar-refractivity contribution in [3.63, 3.8) is 0 Å². The van der Waals surface area contributed by atoms with E-state index in [1.165, 1.54) is 34.4 Å². The highest BCUT2D eigenvalue weighted by Gasteiger charge is 2.28. The number of carboxylic acid groups (broad SMARTS) is 1. The fourth-order valence-electron chi connectivity index (χ4n) is 4.37. The predicted octanol–water partition coefficient (Wildman–Crippen LogP) is 4.89. The van der Waals surface area contributed by atoms with Gasteiger partial charge in [-0.2, -0.15) is 0 Å². The minimum Gasteiger partial charge on any atom is -0.481 e. The van der Waals surface area contributed by atoms with Gasteiger partial charge in [0.05, 0.1) is 14.6 Å². The number of carbonyl (C=O) groups is 1. The third-order valence-electron chi connectivity index (χ3n) is 5.81. The van der Waals surface area contributed by atoms with Crippen LogP contribution in [0.3, 0.4) is 0 Å². The lowest BCUT2D eigenvalue weighted by molar-refractivity contribution is -0.136. The van der Waals surface area contributed by atoms with E-state index in [0.717, 1.165) is 29.0 Å². The Labute approximate surface area is 204 Å². The normalized spacial score (nSPS) is 15.3. The molecule has 1 aromatic carbocycles. The Morgan fingerprint density at radius 3 is 2.62 bits per heavy atom. The number of nitrogens with zero attached hydrogens (tertiary/aromatic N) is 1. The first-order valence-corrected chi connectivity index (χ1v) is 13.0. The molecule has 0 amide bonds. The quantitative estimate of drug-likeness (QED) is 0.363. The summed E-state index contributed by atoms with van der Waals surface area (Å²) >= 11 is 9.23. The maximum atomic E-state index is 10.8. The van der Waals surface area contributed by atoms with Gasteiger partial charge in [0.25, 0.3) is 0 Å². The lowest BCUT2D eigenvalue weighted by Gasteiger charge is -2.31. The first-order valence-electron chi connectivity index (χ1n) is 11.0. The molecule has 0 unspecified atom stereocenters. The Balaban J connectivity index is 1.40. The predicted molar refractivity (Wildman–Crippen MR) is 134 cm³/mol. The summed E-state index contributed by atoms with van der Waals surface area (Å²) in [5.41, 5.74) is 3.78. The van der Waals surface area contributed by atoms with Crippen LogP contribution in [0.4, 0.5) is 0 Å². The summed E-state index contributed by atoms with van der Waals surface area (Å²) in [6.45, 7) is 5.48. The fraction of sp³-hybridized carbons (Fsp3) is 0.542. The molecule has 1 heterocycles. The van der Waals surface area contributed by atoms with Gasteiger partial charge in [0.15, 0.2) is 0 Å². The molecule has 32 heavy (non-hydrogen) atoms. The fourth-order valence-corrected chi connectivity index (χ4v) is 7.11. The smallest absolute Gasteiger partial charge is 0.303 e. The van der Waals surface area contributed by atoms with Crippen molar-refractivity contribution in [2.24, 2.45) is 5.92 Å². The van der Waals surface area contributed by atoms with E-state index in [9.17, 15) is 9.90 Å². The van der Waals surface area contributed by atoms with Crippen LogP contribution in [0.5, 0.6) is 0 Å². The lowest BCUT2D eigenvalue weighted by Crippen LogP contribution is -2.46. The molecule has 0 aliphatic heterocycles. The van der Waals surface area contributed by atoms with E-state index in [1.807, 2.05) is 17.4 Å². The first-order chi connectivity index (χ1) is 15.1. The molecule has 0 radical (unpaired) electrons. The van der Waals surface area contributed by atoms with Crippen LogP contribution in [0.15, 0.2) is 34.5 Å². The Morgan fingerprint density at radius 1 is 1.34 bits per heavy atom. The number of nitrogens with one attached hydrogen (secondary N) is 1. The Kier molecular flexibility index (Phi) is 9.06. The number of β-amino-alcohol motifs (C(OH)–C–C–N with tert-alkyl or cyclic N) is 1. The monoisotopic (exact) mass is 496 g/mol. The molecule has 8 heteroatoms. The van der Waals surface area contributed by atoms with Crippen molar-refractivity contribution >= 4 is 40.9 Å². The van der Waals surface area contributed by atoms with E-state index < -0.39 is 12.1 Å².